The van der Waals surface area contributed by atoms with E-state index >= 15 is 0 Å². The standard InChI is InChI=1S/C23H24N4O2/c28-13-11-24-22-15-20(25-16-26-22)18-8-4-9-19(14-18)23(29)27-12-5-10-21(27)17-6-2-1-3-7-17/h1-4,6-9,14-16,21,28H,5,10-13H2,(H,24,25,26)/t21-/m0/s1. The third kappa shape index (κ3) is 4.27. The van der Waals surface area contributed by atoms with Crippen LogP contribution in [0.5, 0.6) is 0 Å². The Morgan fingerprint density at radius 3 is 2.79 bits per heavy atom. The fraction of sp³-hybridized carbons (Fsp3) is 0.261. The number of anilines is 1. The summed E-state index contributed by atoms with van der Waals surface area (Å²) in [4.78, 5) is 23.7. The molecule has 0 unspecified atom stereocenters. The lowest BCUT2D eigenvalue weighted by molar-refractivity contribution is 0.0735. The lowest BCUT2D eigenvalue weighted by Crippen LogP contribution is -2.30. The van der Waals surface area contributed by atoms with Gasteiger partial charge >= 0.3 is 0 Å². The molecule has 1 amide bonds. The highest BCUT2D eigenvalue weighted by Crippen LogP contribution is 2.33. The van der Waals surface area contributed by atoms with Crippen LogP contribution in [0.1, 0.15) is 34.8 Å². The molecule has 3 aromatic rings. The van der Waals surface area contributed by atoms with Crippen molar-refractivity contribution in [1.29, 1.82) is 0 Å². The largest absolute Gasteiger partial charge is 0.395 e. The number of rotatable bonds is 6. The van der Waals surface area contributed by atoms with E-state index in [1.54, 1.807) is 0 Å². The van der Waals surface area contributed by atoms with Crippen LogP contribution in [0.2, 0.25) is 0 Å². The van der Waals surface area contributed by atoms with Crippen LogP contribution < -0.4 is 5.32 Å². The molecule has 0 bridgehead atoms. The van der Waals surface area contributed by atoms with Crippen molar-refractivity contribution in [2.24, 2.45) is 0 Å². The molecule has 2 heterocycles. The van der Waals surface area contributed by atoms with Gasteiger partial charge in [0.1, 0.15) is 12.1 Å². The van der Waals surface area contributed by atoms with E-state index in [0.717, 1.165) is 30.6 Å². The third-order valence-electron chi connectivity index (χ3n) is 5.19. The maximum absolute atomic E-state index is 13.3. The van der Waals surface area contributed by atoms with E-state index < -0.39 is 0 Å². The van der Waals surface area contributed by atoms with E-state index in [1.165, 1.54) is 11.9 Å². The van der Waals surface area contributed by atoms with Crippen LogP contribution in [0.4, 0.5) is 5.82 Å². The zero-order valence-electron chi connectivity index (χ0n) is 16.2. The summed E-state index contributed by atoms with van der Waals surface area (Å²) in [6.07, 6.45) is 3.48. The molecular weight excluding hydrogens is 364 g/mol. The van der Waals surface area contributed by atoms with Crippen LogP contribution in [0.3, 0.4) is 0 Å². The Kier molecular flexibility index (Phi) is 5.81. The SMILES string of the molecule is O=C(c1cccc(-c2cc(NCCO)ncn2)c1)N1CCC[C@H]1c1ccccc1. The Balaban J connectivity index is 1.58. The highest BCUT2D eigenvalue weighted by atomic mass is 16.3. The second kappa shape index (κ2) is 8.84. The predicted molar refractivity (Wildman–Crippen MR) is 112 cm³/mol. The first-order valence-corrected chi connectivity index (χ1v) is 9.89. The van der Waals surface area contributed by atoms with Crippen LogP contribution in [-0.2, 0) is 0 Å². The van der Waals surface area contributed by atoms with E-state index in [9.17, 15) is 4.79 Å². The van der Waals surface area contributed by atoms with Crippen molar-refractivity contribution in [1.82, 2.24) is 14.9 Å². The summed E-state index contributed by atoms with van der Waals surface area (Å²) in [5.74, 6) is 0.690. The summed E-state index contributed by atoms with van der Waals surface area (Å²) in [7, 11) is 0. The van der Waals surface area contributed by atoms with Gasteiger partial charge in [-0.25, -0.2) is 9.97 Å². The summed E-state index contributed by atoms with van der Waals surface area (Å²) >= 11 is 0. The molecule has 1 saturated heterocycles. The van der Waals surface area contributed by atoms with Gasteiger partial charge in [0.05, 0.1) is 18.3 Å². The average molecular weight is 388 g/mol. The lowest BCUT2D eigenvalue weighted by atomic mass is 10.0. The van der Waals surface area contributed by atoms with Crippen molar-refractivity contribution in [2.45, 2.75) is 18.9 Å². The number of aliphatic hydroxyl groups is 1. The zero-order chi connectivity index (χ0) is 20.1. The number of hydrogen-bond donors (Lipinski definition) is 2. The van der Waals surface area contributed by atoms with Crippen LogP contribution >= 0.6 is 0 Å². The Morgan fingerprint density at radius 1 is 1.10 bits per heavy atom. The van der Waals surface area contributed by atoms with Gasteiger partial charge in [-0.05, 0) is 30.5 Å². The van der Waals surface area contributed by atoms with Crippen LogP contribution in [0.25, 0.3) is 11.3 Å². The molecule has 0 saturated carbocycles. The number of carbonyl (C=O) groups excluding carboxylic acids is 1. The number of carbonyl (C=O) groups is 1. The average Bonchev–Trinajstić information content (AvgIpc) is 3.28. The van der Waals surface area contributed by atoms with Crippen molar-refractivity contribution >= 4 is 11.7 Å². The molecule has 1 fully saturated rings. The van der Waals surface area contributed by atoms with Crippen molar-refractivity contribution in [3.05, 3.63) is 78.1 Å². The minimum absolute atomic E-state index is 0.0295. The van der Waals surface area contributed by atoms with Gasteiger partial charge in [-0.15, -0.1) is 0 Å². The molecule has 6 nitrogen and oxygen atoms in total. The predicted octanol–water partition coefficient (Wildman–Crippen LogP) is 3.53. The topological polar surface area (TPSA) is 78.3 Å². The fourth-order valence-electron chi connectivity index (χ4n) is 3.80. The number of nitrogens with one attached hydrogen (secondary N) is 1. The van der Waals surface area contributed by atoms with E-state index in [0.29, 0.717) is 17.9 Å². The van der Waals surface area contributed by atoms with Crippen LogP contribution in [-0.4, -0.2) is 45.6 Å². The smallest absolute Gasteiger partial charge is 0.254 e. The number of likely N-dealkylation sites (tertiary alicyclic amines) is 1. The molecule has 4 rings (SSSR count). The first-order valence-electron chi connectivity index (χ1n) is 9.89. The molecule has 1 aliphatic heterocycles. The molecule has 148 valence electrons. The number of aromatic nitrogens is 2. The number of benzene rings is 2. The highest BCUT2D eigenvalue weighted by Gasteiger charge is 2.30. The lowest BCUT2D eigenvalue weighted by Gasteiger charge is -2.25. The summed E-state index contributed by atoms with van der Waals surface area (Å²) in [5, 5.41) is 12.0. The van der Waals surface area contributed by atoms with Gasteiger partial charge in [-0.2, -0.15) is 0 Å². The van der Waals surface area contributed by atoms with Gasteiger partial charge in [-0.3, -0.25) is 4.79 Å². The second-order valence-corrected chi connectivity index (χ2v) is 7.09. The van der Waals surface area contributed by atoms with Crippen molar-refractivity contribution in [3.8, 4) is 11.3 Å². The number of amides is 1. The first kappa shape index (κ1) is 19.1. The Labute approximate surface area is 170 Å². The van der Waals surface area contributed by atoms with Crippen molar-refractivity contribution in [2.75, 3.05) is 25.0 Å². The minimum atomic E-state index is 0.0295. The molecule has 0 aliphatic carbocycles. The summed E-state index contributed by atoms with van der Waals surface area (Å²) in [6.45, 7) is 1.22. The molecule has 1 aromatic heterocycles. The van der Waals surface area contributed by atoms with Crippen molar-refractivity contribution < 1.29 is 9.90 Å². The first-order chi connectivity index (χ1) is 14.3. The van der Waals surface area contributed by atoms with Crippen LogP contribution in [0.15, 0.2) is 67.0 Å². The van der Waals surface area contributed by atoms with E-state index in [2.05, 4.69) is 27.4 Å². The Bertz CT molecular complexity index is 977. The van der Waals surface area contributed by atoms with E-state index in [-0.39, 0.29) is 18.6 Å². The van der Waals surface area contributed by atoms with E-state index in [1.807, 2.05) is 53.4 Å². The molecule has 2 aromatic carbocycles. The number of nitrogens with zero attached hydrogens (tertiary/aromatic N) is 3. The van der Waals surface area contributed by atoms with Gasteiger partial charge in [0.2, 0.25) is 0 Å². The van der Waals surface area contributed by atoms with Crippen molar-refractivity contribution in [3.63, 3.8) is 0 Å². The minimum Gasteiger partial charge on any atom is -0.395 e. The molecule has 0 radical (unpaired) electrons. The molecule has 29 heavy (non-hydrogen) atoms. The molecule has 1 atom stereocenters. The molecule has 0 spiro atoms. The van der Waals surface area contributed by atoms with Gasteiger partial charge < -0.3 is 15.3 Å². The van der Waals surface area contributed by atoms with Gasteiger partial charge in [0.15, 0.2) is 0 Å². The van der Waals surface area contributed by atoms with Gasteiger partial charge in [0, 0.05) is 30.3 Å². The third-order valence-corrected chi connectivity index (χ3v) is 5.19. The fourth-order valence-corrected chi connectivity index (χ4v) is 3.80. The van der Waals surface area contributed by atoms with Gasteiger partial charge in [-0.1, -0.05) is 42.5 Å². The van der Waals surface area contributed by atoms with E-state index in [4.69, 9.17) is 5.11 Å². The van der Waals surface area contributed by atoms with Crippen LogP contribution in [0, 0.1) is 0 Å². The second-order valence-electron chi connectivity index (χ2n) is 7.09. The maximum atomic E-state index is 13.3. The molecule has 1 aliphatic rings. The molecule has 6 heteroatoms. The Morgan fingerprint density at radius 2 is 1.97 bits per heavy atom. The molecule has 2 N–H and O–H groups in total. The van der Waals surface area contributed by atoms with Gasteiger partial charge in [0.25, 0.3) is 5.91 Å². The summed E-state index contributed by atoms with van der Waals surface area (Å²) < 4.78 is 0. The normalized spacial score (nSPS) is 16.0. The highest BCUT2D eigenvalue weighted by molar-refractivity contribution is 5.95. The number of aliphatic hydroxyl groups excluding tert-OH is 1. The maximum Gasteiger partial charge on any atom is 0.254 e. The zero-order valence-corrected chi connectivity index (χ0v) is 16.2. The quantitative estimate of drug-likeness (QED) is 0.675. The monoisotopic (exact) mass is 388 g/mol. The summed E-state index contributed by atoms with van der Waals surface area (Å²) in [5.41, 5.74) is 3.44. The molecular formula is C23H24N4O2. The summed E-state index contributed by atoms with van der Waals surface area (Å²) in [6, 6.07) is 19.7. The Hall–Kier alpha value is -3.25. The number of hydrogen-bond acceptors (Lipinski definition) is 5.